The normalized spacial score (nSPS) is 12.8. The lowest BCUT2D eigenvalue weighted by Crippen LogP contribution is -2.17. The first-order valence-corrected chi connectivity index (χ1v) is 10.5. The smallest absolute Gasteiger partial charge is 0.180 e. The second kappa shape index (κ2) is 10.2. The van der Waals surface area contributed by atoms with Gasteiger partial charge in [-0.15, -0.1) is 0 Å². The zero-order valence-corrected chi connectivity index (χ0v) is 18.6. The fourth-order valence-electron chi connectivity index (χ4n) is 3.07. The van der Waals surface area contributed by atoms with Gasteiger partial charge in [-0.3, -0.25) is 4.57 Å². The summed E-state index contributed by atoms with van der Waals surface area (Å²) in [5.41, 5.74) is 1.83. The van der Waals surface area contributed by atoms with Crippen LogP contribution in [-0.4, -0.2) is 43.0 Å². The van der Waals surface area contributed by atoms with Gasteiger partial charge in [0, 0.05) is 17.4 Å². The summed E-state index contributed by atoms with van der Waals surface area (Å²) < 4.78 is 14.6. The van der Waals surface area contributed by atoms with Crippen LogP contribution in [-0.2, 0) is 17.9 Å². The van der Waals surface area contributed by atoms with E-state index in [-0.39, 0.29) is 0 Å². The van der Waals surface area contributed by atoms with E-state index in [2.05, 4.69) is 20.1 Å². The maximum atomic E-state index is 5.54. The summed E-state index contributed by atoms with van der Waals surface area (Å²) in [6.07, 6.45) is 9.19. The number of nitrogens with zero attached hydrogens (tertiary/aromatic N) is 6. The average molecular weight is 451 g/mol. The first-order valence-electron chi connectivity index (χ1n) is 10.1. The monoisotopic (exact) mass is 450 g/mol. The molecule has 0 unspecified atom stereocenters. The molecule has 9 heteroatoms. The van der Waals surface area contributed by atoms with Crippen LogP contribution in [0.3, 0.4) is 0 Å². The molecule has 0 saturated heterocycles. The highest BCUT2D eigenvalue weighted by atomic mass is 35.5. The lowest BCUT2D eigenvalue weighted by molar-refractivity contribution is 0.0769. The Morgan fingerprint density at radius 1 is 1.16 bits per heavy atom. The number of hydrogen-bond acceptors (Lipinski definition) is 6. The van der Waals surface area contributed by atoms with Crippen LogP contribution >= 0.6 is 11.6 Å². The van der Waals surface area contributed by atoms with Gasteiger partial charge < -0.3 is 9.47 Å². The Morgan fingerprint density at radius 3 is 2.66 bits per heavy atom. The van der Waals surface area contributed by atoms with Crippen LogP contribution in [0.25, 0.3) is 18.0 Å². The van der Waals surface area contributed by atoms with E-state index in [1.807, 2.05) is 70.9 Å². The number of methoxy groups -OCH3 is 1. The minimum Gasteiger partial charge on any atom is -0.493 e. The minimum atomic E-state index is 0.509. The molecule has 1 aliphatic rings. The quantitative estimate of drug-likeness (QED) is 0.463. The molecule has 164 valence electrons. The molecule has 0 aliphatic carbocycles. The molecule has 4 aromatic rings. The summed E-state index contributed by atoms with van der Waals surface area (Å²) in [6, 6.07) is 11.4. The van der Waals surface area contributed by atoms with Crippen molar-refractivity contribution in [2.75, 3.05) is 13.7 Å². The zero-order valence-electron chi connectivity index (χ0n) is 17.8. The molecule has 4 heterocycles. The van der Waals surface area contributed by atoms with Gasteiger partial charge in [0.15, 0.2) is 23.2 Å². The molecule has 0 bridgehead atoms. The largest absolute Gasteiger partial charge is 0.493 e. The molecule has 0 N–H and O–H groups in total. The maximum absolute atomic E-state index is 5.54. The van der Waals surface area contributed by atoms with Gasteiger partial charge in [-0.2, -0.15) is 5.10 Å². The van der Waals surface area contributed by atoms with Crippen LogP contribution in [0.15, 0.2) is 55.1 Å². The van der Waals surface area contributed by atoms with E-state index in [1.54, 1.807) is 19.6 Å². The van der Waals surface area contributed by atoms with Crippen LogP contribution in [0.1, 0.15) is 22.9 Å². The minimum absolute atomic E-state index is 0.509. The molecule has 1 aromatic carbocycles. The van der Waals surface area contributed by atoms with E-state index >= 15 is 0 Å². The molecule has 0 atom stereocenters. The van der Waals surface area contributed by atoms with Crippen LogP contribution < -0.4 is 4.74 Å². The van der Waals surface area contributed by atoms with Crippen molar-refractivity contribution in [1.29, 1.82) is 0 Å². The fourth-order valence-corrected chi connectivity index (χ4v) is 3.22. The number of aromatic nitrogens is 6. The molecule has 3 aromatic heterocycles. The molecule has 0 radical (unpaired) electrons. The van der Waals surface area contributed by atoms with Gasteiger partial charge in [-0.1, -0.05) is 29.8 Å². The fraction of sp³-hybridized carbons (Fsp3) is 0.217. The first kappa shape index (κ1) is 21.7. The van der Waals surface area contributed by atoms with Gasteiger partial charge >= 0.3 is 0 Å². The van der Waals surface area contributed by atoms with Crippen LogP contribution in [0, 0.1) is 6.92 Å². The number of rotatable bonds is 4. The molecule has 0 amide bonds. The lowest BCUT2D eigenvalue weighted by Gasteiger charge is -2.11. The number of ether oxygens (including phenoxy) is 2. The van der Waals surface area contributed by atoms with Crippen LogP contribution in [0.2, 0.25) is 5.02 Å². The van der Waals surface area contributed by atoms with E-state index in [4.69, 9.17) is 21.1 Å². The van der Waals surface area contributed by atoms with E-state index < -0.39 is 0 Å². The lowest BCUT2D eigenvalue weighted by atomic mass is 10.2. The van der Waals surface area contributed by atoms with Crippen molar-refractivity contribution in [3.05, 3.63) is 83.0 Å². The van der Waals surface area contributed by atoms with E-state index in [0.717, 1.165) is 28.6 Å². The summed E-state index contributed by atoms with van der Waals surface area (Å²) in [5, 5.41) is 5.25. The zero-order chi connectivity index (χ0) is 22.3. The van der Waals surface area contributed by atoms with Gasteiger partial charge in [0.25, 0.3) is 0 Å². The molecule has 0 spiro atoms. The summed E-state index contributed by atoms with van der Waals surface area (Å²) >= 11 is 5.54. The molecule has 1 aliphatic heterocycles. The number of fused-ring (bicyclic) bond motifs is 1. The van der Waals surface area contributed by atoms with Crippen molar-refractivity contribution in [3.8, 4) is 11.6 Å². The summed E-state index contributed by atoms with van der Waals surface area (Å²) in [5.74, 6) is 2.89. The van der Waals surface area contributed by atoms with Crippen molar-refractivity contribution >= 4 is 23.8 Å². The predicted molar refractivity (Wildman–Crippen MR) is 123 cm³/mol. The summed E-state index contributed by atoms with van der Waals surface area (Å²) in [6.45, 7) is 3.86. The highest BCUT2D eigenvalue weighted by Crippen LogP contribution is 2.23. The van der Waals surface area contributed by atoms with E-state index in [0.29, 0.717) is 30.6 Å². The summed E-state index contributed by atoms with van der Waals surface area (Å²) in [4.78, 5) is 13.2. The second-order valence-electron chi connectivity index (χ2n) is 7.01. The van der Waals surface area contributed by atoms with Crippen molar-refractivity contribution < 1.29 is 9.47 Å². The van der Waals surface area contributed by atoms with E-state index in [9.17, 15) is 0 Å². The number of imidazole rings is 1. The predicted octanol–water partition coefficient (Wildman–Crippen LogP) is 4.22. The van der Waals surface area contributed by atoms with Gasteiger partial charge in [-0.25, -0.2) is 19.6 Å². The molecule has 32 heavy (non-hydrogen) atoms. The maximum Gasteiger partial charge on any atom is 0.180 e. The molecular formula is C23H23ClN6O2. The van der Waals surface area contributed by atoms with Crippen molar-refractivity contribution in [1.82, 2.24) is 29.3 Å². The number of halogens is 1. The van der Waals surface area contributed by atoms with Crippen LogP contribution in [0.4, 0.5) is 0 Å². The Hall–Kier alpha value is -3.49. The first-order chi connectivity index (χ1) is 15.6. The number of benzene rings is 1. The molecule has 0 fully saturated rings. The molecule has 5 rings (SSSR count). The average Bonchev–Trinajstić information content (AvgIpc) is 3.44. The number of pyridine rings is 1. The third kappa shape index (κ3) is 5.40. The molecule has 8 nitrogen and oxygen atoms in total. The third-order valence-corrected chi connectivity index (χ3v) is 4.88. The highest BCUT2D eigenvalue weighted by Gasteiger charge is 2.13. The Labute approximate surface area is 191 Å². The van der Waals surface area contributed by atoms with Gasteiger partial charge in [0.05, 0.1) is 26.0 Å². The highest BCUT2D eigenvalue weighted by molar-refractivity contribution is 6.30. The Balaban J connectivity index is 0.000000300. The second-order valence-corrected chi connectivity index (χ2v) is 7.44. The molecular weight excluding hydrogens is 428 g/mol. The van der Waals surface area contributed by atoms with Crippen LogP contribution in [0.5, 0.6) is 5.75 Å². The number of hydrogen-bond donors (Lipinski definition) is 0. The van der Waals surface area contributed by atoms with Crippen molar-refractivity contribution in [3.63, 3.8) is 0 Å². The summed E-state index contributed by atoms with van der Waals surface area (Å²) in [7, 11) is 1.63. The topological polar surface area (TPSA) is 79.9 Å². The van der Waals surface area contributed by atoms with Gasteiger partial charge in [0.1, 0.15) is 12.9 Å². The standard InChI is InChI=1S/C17H18N6O2.C6H5Cl/c1-12-9-22(11-19-12)17-14(24-2)7-13(8-18-17)3-4-15-20-16-10-25-6-5-23(16)21-15;7-6-4-2-1-3-5-6/h3-4,7-9,11H,5-6,10H2,1-2H3;1-5H/b4-3+;. The number of aryl methyl sites for hydroxylation is 1. The third-order valence-electron chi connectivity index (χ3n) is 4.63. The molecule has 0 saturated carbocycles. The van der Waals surface area contributed by atoms with E-state index in [1.165, 1.54) is 0 Å². The van der Waals surface area contributed by atoms with Crippen molar-refractivity contribution in [2.45, 2.75) is 20.1 Å². The van der Waals surface area contributed by atoms with Gasteiger partial charge in [-0.05, 0) is 42.8 Å². The van der Waals surface area contributed by atoms with Gasteiger partial charge in [0.2, 0.25) is 0 Å². The Bertz CT molecular complexity index is 1180. The SMILES string of the molecule is COc1cc(/C=C/c2nc3n(n2)CCOC3)cnc1-n1cnc(C)c1.Clc1ccccc1. The Morgan fingerprint density at radius 2 is 2.00 bits per heavy atom. The Kier molecular flexibility index (Phi) is 6.94. The van der Waals surface area contributed by atoms with Crippen molar-refractivity contribution in [2.24, 2.45) is 0 Å².